The van der Waals surface area contributed by atoms with Gasteiger partial charge in [-0.15, -0.1) is 0 Å². The van der Waals surface area contributed by atoms with E-state index >= 15 is 0 Å². The van der Waals surface area contributed by atoms with E-state index < -0.39 is 24.3 Å². The zero-order valence-corrected chi connectivity index (χ0v) is 18.1. The summed E-state index contributed by atoms with van der Waals surface area (Å²) >= 11 is 0. The maximum absolute atomic E-state index is 12.9. The van der Waals surface area contributed by atoms with E-state index in [1.807, 2.05) is 0 Å². The molecular weight excluding hydrogens is 420 g/mol. The van der Waals surface area contributed by atoms with Crippen LogP contribution in [0.4, 0.5) is 0 Å². The van der Waals surface area contributed by atoms with Crippen molar-refractivity contribution < 1.29 is 38.4 Å². The molecule has 10 heteroatoms. The quantitative estimate of drug-likeness (QED) is 0.472. The second-order valence-corrected chi connectivity index (χ2v) is 6.24. The molecule has 32 heavy (non-hydrogen) atoms. The van der Waals surface area contributed by atoms with Gasteiger partial charge in [0.25, 0.3) is 11.8 Å². The molecule has 2 aromatic rings. The summed E-state index contributed by atoms with van der Waals surface area (Å²) in [6, 6.07) is 9.67. The molecule has 170 valence electrons. The van der Waals surface area contributed by atoms with Gasteiger partial charge in [-0.3, -0.25) is 14.4 Å². The van der Waals surface area contributed by atoms with Crippen LogP contribution in [-0.4, -0.2) is 57.9 Å². The molecule has 0 aliphatic carbocycles. The minimum absolute atomic E-state index is 0.122. The fourth-order valence-electron chi connectivity index (χ4n) is 2.76. The van der Waals surface area contributed by atoms with E-state index in [-0.39, 0.29) is 22.8 Å². The van der Waals surface area contributed by atoms with Crippen molar-refractivity contribution in [3.63, 3.8) is 0 Å². The predicted molar refractivity (Wildman–Crippen MR) is 115 cm³/mol. The number of methoxy groups -OCH3 is 4. The van der Waals surface area contributed by atoms with Crippen LogP contribution in [0.2, 0.25) is 0 Å². The van der Waals surface area contributed by atoms with Gasteiger partial charge in [0, 0.05) is 11.1 Å². The highest BCUT2D eigenvalue weighted by molar-refractivity contribution is 6.06. The Balaban J connectivity index is 2.45. The summed E-state index contributed by atoms with van der Waals surface area (Å²) in [4.78, 5) is 36.4. The molecule has 0 spiro atoms. The van der Waals surface area contributed by atoms with Crippen molar-refractivity contribution in [3.8, 4) is 23.0 Å². The van der Waals surface area contributed by atoms with Crippen molar-refractivity contribution in [1.82, 2.24) is 10.6 Å². The lowest BCUT2D eigenvalue weighted by Crippen LogP contribution is -2.37. The molecule has 0 atom stereocenters. The molecule has 0 radical (unpaired) electrons. The zero-order chi connectivity index (χ0) is 23.7. The molecule has 0 aliphatic heterocycles. The van der Waals surface area contributed by atoms with Gasteiger partial charge in [0.1, 0.15) is 18.0 Å². The summed E-state index contributed by atoms with van der Waals surface area (Å²) < 4.78 is 21.0. The number of hydrogen-bond acceptors (Lipinski definition) is 7. The van der Waals surface area contributed by atoms with E-state index in [2.05, 4.69) is 10.6 Å². The number of ether oxygens (including phenoxy) is 4. The Labute approximate surface area is 184 Å². The van der Waals surface area contributed by atoms with Crippen molar-refractivity contribution in [1.29, 1.82) is 0 Å². The van der Waals surface area contributed by atoms with Gasteiger partial charge in [-0.05, 0) is 24.3 Å². The fourth-order valence-corrected chi connectivity index (χ4v) is 2.76. The number of amides is 2. The Hall–Kier alpha value is -4.21. The van der Waals surface area contributed by atoms with Crippen LogP contribution in [0.15, 0.2) is 42.1 Å². The molecule has 3 N–H and O–H groups in total. The van der Waals surface area contributed by atoms with Gasteiger partial charge in [0.15, 0.2) is 11.5 Å². The highest BCUT2D eigenvalue weighted by atomic mass is 16.5. The molecule has 2 aromatic carbocycles. The third-order valence-corrected chi connectivity index (χ3v) is 4.26. The number of nitrogens with one attached hydrogen (secondary N) is 2. The van der Waals surface area contributed by atoms with E-state index in [0.717, 1.165) is 0 Å². The molecule has 0 heterocycles. The minimum atomic E-state index is -1.23. The summed E-state index contributed by atoms with van der Waals surface area (Å²) in [7, 11) is 5.71. The maximum Gasteiger partial charge on any atom is 0.322 e. The van der Waals surface area contributed by atoms with Crippen LogP contribution in [0.1, 0.15) is 15.9 Å². The molecule has 0 aliphatic rings. The van der Waals surface area contributed by atoms with Gasteiger partial charge >= 0.3 is 5.97 Å². The molecule has 0 saturated heterocycles. The van der Waals surface area contributed by atoms with Gasteiger partial charge in [-0.2, -0.15) is 0 Å². The first-order valence-electron chi connectivity index (χ1n) is 9.30. The van der Waals surface area contributed by atoms with E-state index in [1.54, 1.807) is 24.3 Å². The molecule has 0 aromatic heterocycles. The van der Waals surface area contributed by atoms with Crippen LogP contribution in [-0.2, 0) is 9.59 Å². The third-order valence-electron chi connectivity index (χ3n) is 4.26. The zero-order valence-electron chi connectivity index (χ0n) is 18.1. The number of benzene rings is 2. The number of carboxylic acids is 1. The second kappa shape index (κ2) is 11.3. The summed E-state index contributed by atoms with van der Waals surface area (Å²) in [6.07, 6.45) is 1.38. The average molecular weight is 444 g/mol. The second-order valence-electron chi connectivity index (χ2n) is 6.24. The van der Waals surface area contributed by atoms with Gasteiger partial charge in [0.2, 0.25) is 5.75 Å². The Morgan fingerprint density at radius 2 is 1.50 bits per heavy atom. The van der Waals surface area contributed by atoms with E-state index in [1.165, 1.54) is 46.6 Å². The number of carbonyl (C=O) groups excluding carboxylic acids is 2. The average Bonchev–Trinajstić information content (AvgIpc) is 2.81. The molecule has 0 bridgehead atoms. The Kier molecular flexibility index (Phi) is 8.46. The van der Waals surface area contributed by atoms with Gasteiger partial charge in [-0.1, -0.05) is 18.2 Å². The van der Waals surface area contributed by atoms with Crippen LogP contribution in [0.5, 0.6) is 23.0 Å². The van der Waals surface area contributed by atoms with Crippen LogP contribution < -0.4 is 29.6 Å². The molecular formula is C22H24N2O8. The largest absolute Gasteiger partial charge is 0.496 e. The molecule has 0 fully saturated rings. The lowest BCUT2D eigenvalue weighted by molar-refractivity contribution is -0.137. The van der Waals surface area contributed by atoms with Crippen molar-refractivity contribution in [3.05, 3.63) is 53.2 Å². The lowest BCUT2D eigenvalue weighted by Gasteiger charge is -2.15. The lowest BCUT2D eigenvalue weighted by atomic mass is 10.1. The molecule has 0 unspecified atom stereocenters. The SMILES string of the molecule is COc1ccccc1/C=C(/NC(=O)c1cc(OC)c(OC)c(OC)c1)C(=O)NCC(=O)O. The van der Waals surface area contributed by atoms with Crippen LogP contribution in [0.25, 0.3) is 6.08 Å². The molecule has 0 saturated carbocycles. The standard InChI is InChI=1S/C22H24N2O8/c1-29-16-8-6-5-7-13(16)9-15(22(28)23-12-19(25)26)24-21(27)14-10-17(30-2)20(32-4)18(11-14)31-3/h5-11H,12H2,1-4H3,(H,23,28)(H,24,27)(H,25,26)/b15-9+. The summed E-state index contributed by atoms with van der Waals surface area (Å²) in [6.45, 7) is -0.623. The highest BCUT2D eigenvalue weighted by Gasteiger charge is 2.20. The van der Waals surface area contributed by atoms with Gasteiger partial charge < -0.3 is 34.7 Å². The fraction of sp³-hybridized carbons (Fsp3) is 0.227. The predicted octanol–water partition coefficient (Wildman–Crippen LogP) is 1.69. The Morgan fingerprint density at radius 1 is 0.906 bits per heavy atom. The maximum atomic E-state index is 12.9. The summed E-state index contributed by atoms with van der Waals surface area (Å²) in [5.74, 6) is -1.42. The smallest absolute Gasteiger partial charge is 0.322 e. The number of rotatable bonds is 10. The number of hydrogen-bond donors (Lipinski definition) is 3. The van der Waals surface area contributed by atoms with Gasteiger partial charge in [-0.25, -0.2) is 0 Å². The van der Waals surface area contributed by atoms with Gasteiger partial charge in [0.05, 0.1) is 28.4 Å². The summed E-state index contributed by atoms with van der Waals surface area (Å²) in [5, 5.41) is 13.6. The third kappa shape index (κ3) is 5.91. The monoisotopic (exact) mass is 444 g/mol. The Morgan fingerprint density at radius 3 is 2.03 bits per heavy atom. The Bertz CT molecular complexity index is 1010. The summed E-state index contributed by atoms with van der Waals surface area (Å²) in [5.41, 5.74) is 0.437. The van der Waals surface area contributed by atoms with E-state index in [0.29, 0.717) is 17.1 Å². The highest BCUT2D eigenvalue weighted by Crippen LogP contribution is 2.38. The number of para-hydroxylation sites is 1. The topological polar surface area (TPSA) is 132 Å². The molecule has 2 amide bonds. The first kappa shape index (κ1) is 24.1. The first-order chi connectivity index (χ1) is 15.3. The number of carbonyl (C=O) groups is 3. The van der Waals surface area contributed by atoms with Crippen molar-refractivity contribution in [2.45, 2.75) is 0 Å². The number of carboxylic acid groups (broad SMARTS) is 1. The van der Waals surface area contributed by atoms with Crippen LogP contribution in [0, 0.1) is 0 Å². The van der Waals surface area contributed by atoms with Crippen molar-refractivity contribution in [2.24, 2.45) is 0 Å². The molecule has 10 nitrogen and oxygen atoms in total. The van der Waals surface area contributed by atoms with E-state index in [4.69, 9.17) is 24.1 Å². The van der Waals surface area contributed by atoms with Crippen molar-refractivity contribution in [2.75, 3.05) is 35.0 Å². The molecule has 2 rings (SSSR count). The van der Waals surface area contributed by atoms with Crippen LogP contribution in [0.3, 0.4) is 0 Å². The number of aliphatic carboxylic acids is 1. The van der Waals surface area contributed by atoms with Crippen LogP contribution >= 0.6 is 0 Å². The van der Waals surface area contributed by atoms with E-state index in [9.17, 15) is 14.4 Å². The first-order valence-corrected chi connectivity index (χ1v) is 9.30. The minimum Gasteiger partial charge on any atom is -0.496 e. The van der Waals surface area contributed by atoms with Crippen molar-refractivity contribution >= 4 is 23.9 Å². The normalized spacial score (nSPS) is 10.7.